The van der Waals surface area contributed by atoms with E-state index in [4.69, 9.17) is 10.5 Å². The second-order valence-electron chi connectivity index (χ2n) is 4.53. The van der Waals surface area contributed by atoms with Crippen molar-refractivity contribution in [1.29, 1.82) is 0 Å². The summed E-state index contributed by atoms with van der Waals surface area (Å²) in [5.41, 5.74) is 5.87. The topological polar surface area (TPSA) is 38.5 Å². The standard InChI is InChI=1S/C11H22N2OS/c1-14-11-2-4-13(10(6-11)7-12)9-3-5-15-8-9/h9-11H,2-8,12H2,1H3. The zero-order chi connectivity index (χ0) is 10.7. The van der Waals surface area contributed by atoms with Gasteiger partial charge in [0.15, 0.2) is 0 Å². The lowest BCUT2D eigenvalue weighted by Crippen LogP contribution is -2.52. The molecule has 2 aliphatic heterocycles. The Morgan fingerprint density at radius 3 is 2.93 bits per heavy atom. The molecule has 2 N–H and O–H groups in total. The van der Waals surface area contributed by atoms with E-state index in [1.165, 1.54) is 30.9 Å². The van der Waals surface area contributed by atoms with Crippen LogP contribution >= 0.6 is 11.8 Å². The minimum Gasteiger partial charge on any atom is -0.381 e. The summed E-state index contributed by atoms with van der Waals surface area (Å²) in [5, 5.41) is 0. The summed E-state index contributed by atoms with van der Waals surface area (Å²) < 4.78 is 5.45. The highest BCUT2D eigenvalue weighted by Gasteiger charge is 2.33. The Morgan fingerprint density at radius 2 is 2.33 bits per heavy atom. The molecular formula is C11H22N2OS. The second kappa shape index (κ2) is 5.53. The van der Waals surface area contributed by atoms with Crippen LogP contribution in [-0.2, 0) is 4.74 Å². The van der Waals surface area contributed by atoms with Gasteiger partial charge in [0.2, 0.25) is 0 Å². The van der Waals surface area contributed by atoms with E-state index in [1.54, 1.807) is 0 Å². The fraction of sp³-hybridized carbons (Fsp3) is 1.00. The van der Waals surface area contributed by atoms with E-state index in [1.807, 2.05) is 7.11 Å². The number of ether oxygens (including phenoxy) is 1. The Hall–Kier alpha value is 0.230. The predicted octanol–water partition coefficient (Wildman–Crippen LogP) is 0.930. The molecule has 2 aliphatic rings. The lowest BCUT2D eigenvalue weighted by Gasteiger charge is -2.41. The van der Waals surface area contributed by atoms with E-state index in [-0.39, 0.29) is 0 Å². The summed E-state index contributed by atoms with van der Waals surface area (Å²) in [6.45, 7) is 1.95. The summed E-state index contributed by atoms with van der Waals surface area (Å²) in [6.07, 6.45) is 4.07. The van der Waals surface area contributed by atoms with E-state index in [2.05, 4.69) is 16.7 Å². The highest BCUT2D eigenvalue weighted by atomic mass is 32.2. The van der Waals surface area contributed by atoms with Crippen LogP contribution < -0.4 is 5.73 Å². The molecule has 0 bridgehead atoms. The molecule has 3 unspecified atom stereocenters. The zero-order valence-corrected chi connectivity index (χ0v) is 10.3. The molecule has 0 amide bonds. The number of hydrogen-bond donors (Lipinski definition) is 1. The summed E-state index contributed by atoms with van der Waals surface area (Å²) in [7, 11) is 1.82. The highest BCUT2D eigenvalue weighted by molar-refractivity contribution is 7.99. The molecule has 0 saturated carbocycles. The molecular weight excluding hydrogens is 208 g/mol. The average molecular weight is 230 g/mol. The maximum Gasteiger partial charge on any atom is 0.0599 e. The van der Waals surface area contributed by atoms with Crippen molar-refractivity contribution in [3.8, 4) is 0 Å². The smallest absolute Gasteiger partial charge is 0.0599 e. The number of nitrogens with zero attached hydrogens (tertiary/aromatic N) is 1. The van der Waals surface area contributed by atoms with Gasteiger partial charge in [-0.2, -0.15) is 11.8 Å². The third-order valence-electron chi connectivity index (χ3n) is 3.69. The molecule has 3 atom stereocenters. The van der Waals surface area contributed by atoms with Crippen LogP contribution in [0.15, 0.2) is 0 Å². The van der Waals surface area contributed by atoms with Gasteiger partial charge in [-0.1, -0.05) is 0 Å². The molecule has 88 valence electrons. The van der Waals surface area contributed by atoms with Crippen LogP contribution in [0.5, 0.6) is 0 Å². The third kappa shape index (κ3) is 2.67. The van der Waals surface area contributed by atoms with Crippen molar-refractivity contribution in [2.75, 3.05) is 31.7 Å². The number of methoxy groups -OCH3 is 1. The number of likely N-dealkylation sites (tertiary alicyclic amines) is 1. The molecule has 15 heavy (non-hydrogen) atoms. The van der Waals surface area contributed by atoms with Crippen molar-refractivity contribution in [3.05, 3.63) is 0 Å². The Bertz CT molecular complexity index is 197. The first-order valence-corrected chi connectivity index (χ1v) is 7.07. The average Bonchev–Trinajstić information content (AvgIpc) is 2.81. The summed E-state index contributed by atoms with van der Waals surface area (Å²) in [5.74, 6) is 2.63. The Kier molecular flexibility index (Phi) is 4.31. The quantitative estimate of drug-likeness (QED) is 0.783. The van der Waals surface area contributed by atoms with Crippen LogP contribution in [0.25, 0.3) is 0 Å². The van der Waals surface area contributed by atoms with E-state index >= 15 is 0 Å². The minimum atomic E-state index is 0.434. The highest BCUT2D eigenvalue weighted by Crippen LogP contribution is 2.28. The van der Waals surface area contributed by atoms with Gasteiger partial charge in [0.05, 0.1) is 6.10 Å². The Morgan fingerprint density at radius 1 is 1.47 bits per heavy atom. The third-order valence-corrected chi connectivity index (χ3v) is 4.84. The predicted molar refractivity (Wildman–Crippen MR) is 65.3 cm³/mol. The van der Waals surface area contributed by atoms with E-state index in [0.717, 1.165) is 19.0 Å². The zero-order valence-electron chi connectivity index (χ0n) is 9.52. The lowest BCUT2D eigenvalue weighted by atomic mass is 9.97. The van der Waals surface area contributed by atoms with Crippen molar-refractivity contribution in [2.45, 2.75) is 37.5 Å². The van der Waals surface area contributed by atoms with Gasteiger partial charge in [-0.15, -0.1) is 0 Å². The number of thioether (sulfide) groups is 1. The number of piperidine rings is 1. The van der Waals surface area contributed by atoms with Gasteiger partial charge < -0.3 is 10.5 Å². The van der Waals surface area contributed by atoms with Crippen molar-refractivity contribution >= 4 is 11.8 Å². The summed E-state index contributed by atoms with van der Waals surface area (Å²) in [6, 6.07) is 1.33. The molecule has 0 aliphatic carbocycles. The van der Waals surface area contributed by atoms with Crippen molar-refractivity contribution in [2.24, 2.45) is 5.73 Å². The van der Waals surface area contributed by atoms with Crippen molar-refractivity contribution in [3.63, 3.8) is 0 Å². The fourth-order valence-electron chi connectivity index (χ4n) is 2.74. The largest absolute Gasteiger partial charge is 0.381 e. The molecule has 2 rings (SSSR count). The van der Waals surface area contributed by atoms with Crippen LogP contribution in [0.3, 0.4) is 0 Å². The van der Waals surface area contributed by atoms with Crippen LogP contribution in [-0.4, -0.2) is 54.8 Å². The van der Waals surface area contributed by atoms with Gasteiger partial charge in [0.25, 0.3) is 0 Å². The van der Waals surface area contributed by atoms with Gasteiger partial charge in [0.1, 0.15) is 0 Å². The molecule has 4 heteroatoms. The van der Waals surface area contributed by atoms with Gasteiger partial charge in [-0.3, -0.25) is 4.90 Å². The first-order chi connectivity index (χ1) is 7.35. The van der Waals surface area contributed by atoms with Crippen LogP contribution in [0.1, 0.15) is 19.3 Å². The van der Waals surface area contributed by atoms with Gasteiger partial charge >= 0.3 is 0 Å². The first-order valence-electron chi connectivity index (χ1n) is 5.91. The Labute approximate surface area is 96.7 Å². The first kappa shape index (κ1) is 11.7. The monoisotopic (exact) mass is 230 g/mol. The van der Waals surface area contributed by atoms with Crippen molar-refractivity contribution < 1.29 is 4.74 Å². The number of rotatable bonds is 3. The molecule has 2 saturated heterocycles. The molecule has 0 spiro atoms. The lowest BCUT2D eigenvalue weighted by molar-refractivity contribution is 0.000125. The van der Waals surface area contributed by atoms with Gasteiger partial charge in [-0.25, -0.2) is 0 Å². The SMILES string of the molecule is COC1CCN(C2CCSC2)C(CN)C1. The Balaban J connectivity index is 1.92. The van der Waals surface area contributed by atoms with Gasteiger partial charge in [-0.05, 0) is 25.0 Å². The summed E-state index contributed by atoms with van der Waals surface area (Å²) >= 11 is 2.08. The summed E-state index contributed by atoms with van der Waals surface area (Å²) in [4.78, 5) is 2.63. The van der Waals surface area contributed by atoms with E-state index in [9.17, 15) is 0 Å². The van der Waals surface area contributed by atoms with Crippen LogP contribution in [0.4, 0.5) is 0 Å². The van der Waals surface area contributed by atoms with Gasteiger partial charge in [0, 0.05) is 38.0 Å². The maximum atomic E-state index is 5.87. The van der Waals surface area contributed by atoms with Crippen LogP contribution in [0.2, 0.25) is 0 Å². The number of hydrogen-bond acceptors (Lipinski definition) is 4. The number of nitrogens with two attached hydrogens (primary N) is 1. The molecule has 0 aromatic rings. The fourth-order valence-corrected chi connectivity index (χ4v) is 3.98. The molecule has 2 fully saturated rings. The van der Waals surface area contributed by atoms with E-state index in [0.29, 0.717) is 12.1 Å². The maximum absolute atomic E-state index is 5.87. The van der Waals surface area contributed by atoms with Crippen molar-refractivity contribution in [1.82, 2.24) is 4.90 Å². The molecule has 2 heterocycles. The minimum absolute atomic E-state index is 0.434. The normalized spacial score (nSPS) is 38.4. The second-order valence-corrected chi connectivity index (χ2v) is 5.68. The van der Waals surface area contributed by atoms with E-state index < -0.39 is 0 Å². The molecule has 0 aromatic heterocycles. The molecule has 3 nitrogen and oxygen atoms in total. The molecule has 0 radical (unpaired) electrons. The molecule has 0 aromatic carbocycles. The van der Waals surface area contributed by atoms with Crippen LogP contribution in [0, 0.1) is 0 Å².